The molecule has 0 spiro atoms. The molecule has 0 aliphatic carbocycles. The second kappa shape index (κ2) is 8.86. The van der Waals surface area contributed by atoms with Crippen LogP contribution < -0.4 is 5.32 Å². The van der Waals surface area contributed by atoms with Crippen molar-refractivity contribution in [3.05, 3.63) is 64.2 Å². The van der Waals surface area contributed by atoms with Crippen LogP contribution in [0.5, 0.6) is 0 Å². The van der Waals surface area contributed by atoms with Crippen LogP contribution in [0.25, 0.3) is 0 Å². The summed E-state index contributed by atoms with van der Waals surface area (Å²) in [6.07, 6.45) is 1.33. The van der Waals surface area contributed by atoms with Crippen molar-refractivity contribution < 1.29 is 13.2 Å². The van der Waals surface area contributed by atoms with Crippen molar-refractivity contribution in [1.29, 1.82) is 0 Å². The highest BCUT2D eigenvalue weighted by Gasteiger charge is 2.33. The second-order valence-corrected chi connectivity index (χ2v) is 10.1. The topological polar surface area (TPSA) is 66.5 Å². The summed E-state index contributed by atoms with van der Waals surface area (Å²) in [4.78, 5) is 13.1. The average Bonchev–Trinajstić information content (AvgIpc) is 2.68. The molecule has 0 unspecified atom stereocenters. The highest BCUT2D eigenvalue weighted by Crippen LogP contribution is 2.26. The van der Waals surface area contributed by atoms with E-state index in [1.165, 1.54) is 22.0 Å². The Morgan fingerprint density at radius 2 is 1.86 bits per heavy atom. The number of amides is 1. The summed E-state index contributed by atoms with van der Waals surface area (Å²) < 4.78 is 27.3. The van der Waals surface area contributed by atoms with Gasteiger partial charge in [0.1, 0.15) is 0 Å². The van der Waals surface area contributed by atoms with E-state index >= 15 is 0 Å². The quantitative estimate of drug-likeness (QED) is 0.765. The number of aryl methyl sites for hydroxylation is 2. The van der Waals surface area contributed by atoms with Gasteiger partial charge in [-0.15, -0.1) is 0 Å². The highest BCUT2D eigenvalue weighted by molar-refractivity contribution is 7.89. The SMILES string of the molecule is Cc1ccc([C@H](C)NC(=O)[C@@H]2CCCN(S(=O)(=O)c3ccc(Cl)cc3)C2)c(C)c1. The number of nitrogens with zero attached hydrogens (tertiary/aromatic N) is 1. The van der Waals surface area contributed by atoms with Gasteiger partial charge in [0.15, 0.2) is 0 Å². The molecular formula is C22H27ClN2O3S. The highest BCUT2D eigenvalue weighted by atomic mass is 35.5. The molecule has 1 saturated heterocycles. The smallest absolute Gasteiger partial charge is 0.243 e. The Morgan fingerprint density at radius 1 is 1.17 bits per heavy atom. The molecule has 2 aromatic rings. The molecule has 1 aliphatic rings. The van der Waals surface area contributed by atoms with Crippen molar-refractivity contribution >= 4 is 27.5 Å². The Morgan fingerprint density at radius 3 is 2.52 bits per heavy atom. The molecule has 0 radical (unpaired) electrons. The zero-order valence-corrected chi connectivity index (χ0v) is 18.6. The predicted octanol–water partition coefficient (Wildman–Crippen LogP) is 4.23. The molecule has 1 aliphatic heterocycles. The van der Waals surface area contributed by atoms with Gasteiger partial charge in [0.05, 0.1) is 16.9 Å². The number of nitrogens with one attached hydrogen (secondary N) is 1. The number of piperidine rings is 1. The van der Waals surface area contributed by atoms with Crippen LogP contribution in [-0.4, -0.2) is 31.7 Å². The molecule has 29 heavy (non-hydrogen) atoms. The zero-order valence-electron chi connectivity index (χ0n) is 17.0. The van der Waals surface area contributed by atoms with Gasteiger partial charge in [0.25, 0.3) is 0 Å². The lowest BCUT2D eigenvalue weighted by Gasteiger charge is -2.32. The van der Waals surface area contributed by atoms with Crippen LogP contribution in [0.2, 0.25) is 5.02 Å². The second-order valence-electron chi connectivity index (χ2n) is 7.75. The van der Waals surface area contributed by atoms with E-state index in [1.807, 2.05) is 32.9 Å². The van der Waals surface area contributed by atoms with E-state index in [0.29, 0.717) is 24.4 Å². The summed E-state index contributed by atoms with van der Waals surface area (Å²) in [5.41, 5.74) is 3.39. The minimum Gasteiger partial charge on any atom is -0.349 e. The summed E-state index contributed by atoms with van der Waals surface area (Å²) >= 11 is 5.87. The van der Waals surface area contributed by atoms with Crippen LogP contribution in [0.3, 0.4) is 0 Å². The first-order valence-corrected chi connectivity index (χ1v) is 11.6. The van der Waals surface area contributed by atoms with E-state index in [0.717, 1.165) is 11.1 Å². The van der Waals surface area contributed by atoms with E-state index in [-0.39, 0.29) is 29.3 Å². The molecule has 0 aromatic heterocycles. The standard InChI is InChI=1S/C22H27ClN2O3S/c1-15-6-11-21(16(2)13-15)17(3)24-22(26)18-5-4-12-25(14-18)29(27,28)20-9-7-19(23)8-10-20/h6-11,13,17-18H,4-5,12,14H2,1-3H3,(H,24,26)/t17-,18+/m0/s1. The third-order valence-corrected chi connectivity index (χ3v) is 7.59. The van der Waals surface area contributed by atoms with Crippen molar-refractivity contribution in [3.8, 4) is 0 Å². The van der Waals surface area contributed by atoms with Crippen LogP contribution in [0.15, 0.2) is 47.4 Å². The predicted molar refractivity (Wildman–Crippen MR) is 115 cm³/mol. The Labute approximate surface area is 178 Å². The van der Waals surface area contributed by atoms with Gasteiger partial charge >= 0.3 is 0 Å². The van der Waals surface area contributed by atoms with Crippen LogP contribution in [-0.2, 0) is 14.8 Å². The molecule has 5 nitrogen and oxygen atoms in total. The minimum atomic E-state index is -3.64. The van der Waals surface area contributed by atoms with Crippen LogP contribution in [0.4, 0.5) is 0 Å². The molecule has 7 heteroatoms. The van der Waals surface area contributed by atoms with Gasteiger partial charge in [-0.1, -0.05) is 35.4 Å². The van der Waals surface area contributed by atoms with Crippen LogP contribution >= 0.6 is 11.6 Å². The van der Waals surface area contributed by atoms with Crippen molar-refractivity contribution in [2.75, 3.05) is 13.1 Å². The maximum Gasteiger partial charge on any atom is 0.243 e. The molecule has 2 aromatic carbocycles. The molecular weight excluding hydrogens is 408 g/mol. The first kappa shape index (κ1) is 21.8. The third kappa shape index (κ3) is 5.00. The number of hydrogen-bond acceptors (Lipinski definition) is 3. The number of benzene rings is 2. The summed E-state index contributed by atoms with van der Waals surface area (Å²) in [6.45, 7) is 6.64. The number of rotatable bonds is 5. The third-order valence-electron chi connectivity index (χ3n) is 5.46. The minimum absolute atomic E-state index is 0.103. The molecule has 0 saturated carbocycles. The first-order valence-electron chi connectivity index (χ1n) is 9.81. The monoisotopic (exact) mass is 434 g/mol. The van der Waals surface area contributed by atoms with Gasteiger partial charge < -0.3 is 5.32 Å². The number of hydrogen-bond donors (Lipinski definition) is 1. The molecule has 1 amide bonds. The summed E-state index contributed by atoms with van der Waals surface area (Å²) in [5.74, 6) is -0.465. The van der Waals surface area contributed by atoms with Gasteiger partial charge in [-0.25, -0.2) is 8.42 Å². The summed E-state index contributed by atoms with van der Waals surface area (Å²) in [5, 5.41) is 3.55. The van der Waals surface area contributed by atoms with Crippen molar-refractivity contribution in [2.24, 2.45) is 5.92 Å². The fourth-order valence-corrected chi connectivity index (χ4v) is 5.50. The lowest BCUT2D eigenvalue weighted by atomic mass is 9.96. The molecule has 1 fully saturated rings. The molecule has 3 rings (SSSR count). The van der Waals surface area contributed by atoms with E-state index in [4.69, 9.17) is 11.6 Å². The molecule has 1 heterocycles. The first-order chi connectivity index (χ1) is 13.7. The largest absolute Gasteiger partial charge is 0.349 e. The number of sulfonamides is 1. The van der Waals surface area contributed by atoms with Gasteiger partial charge in [0.2, 0.25) is 15.9 Å². The maximum atomic E-state index is 12.9. The number of carbonyl (C=O) groups is 1. The van der Waals surface area contributed by atoms with Crippen molar-refractivity contribution in [1.82, 2.24) is 9.62 Å². The Bertz CT molecular complexity index is 990. The van der Waals surface area contributed by atoms with Crippen LogP contribution in [0.1, 0.15) is 42.5 Å². The lowest BCUT2D eigenvalue weighted by Crippen LogP contribution is -2.45. The Balaban J connectivity index is 1.69. The van der Waals surface area contributed by atoms with Gasteiger partial charge in [-0.05, 0) is 69.0 Å². The van der Waals surface area contributed by atoms with E-state index in [2.05, 4.69) is 11.4 Å². The molecule has 0 bridgehead atoms. The van der Waals surface area contributed by atoms with Gasteiger partial charge in [0, 0.05) is 18.1 Å². The summed E-state index contributed by atoms with van der Waals surface area (Å²) in [7, 11) is -3.64. The van der Waals surface area contributed by atoms with Crippen LogP contribution in [0, 0.1) is 19.8 Å². The van der Waals surface area contributed by atoms with E-state index in [9.17, 15) is 13.2 Å². The van der Waals surface area contributed by atoms with Crippen molar-refractivity contribution in [2.45, 2.75) is 44.6 Å². The molecule has 1 N–H and O–H groups in total. The zero-order chi connectivity index (χ0) is 21.2. The van der Waals surface area contributed by atoms with Gasteiger partial charge in [-0.2, -0.15) is 4.31 Å². The van der Waals surface area contributed by atoms with E-state index < -0.39 is 10.0 Å². The van der Waals surface area contributed by atoms with Gasteiger partial charge in [-0.3, -0.25) is 4.79 Å². The fourth-order valence-electron chi connectivity index (χ4n) is 3.85. The van der Waals surface area contributed by atoms with E-state index in [1.54, 1.807) is 12.1 Å². The number of halogens is 1. The van der Waals surface area contributed by atoms with Crippen molar-refractivity contribution in [3.63, 3.8) is 0 Å². The maximum absolute atomic E-state index is 12.9. The Kier molecular flexibility index (Phi) is 6.66. The normalized spacial score (nSPS) is 19.0. The number of carbonyl (C=O) groups excluding carboxylic acids is 1. The molecule has 2 atom stereocenters. The Hall–Kier alpha value is -1.89. The lowest BCUT2D eigenvalue weighted by molar-refractivity contribution is -0.126. The molecule has 156 valence electrons. The summed E-state index contributed by atoms with van der Waals surface area (Å²) in [6, 6.07) is 12.2. The fraction of sp³-hybridized carbons (Fsp3) is 0.409. The average molecular weight is 435 g/mol.